The van der Waals surface area contributed by atoms with Crippen molar-refractivity contribution in [1.29, 1.82) is 0 Å². The van der Waals surface area contributed by atoms with Crippen LogP contribution in [0, 0.1) is 6.92 Å². The molecule has 0 unspecified atom stereocenters. The second-order valence-corrected chi connectivity index (χ2v) is 4.62. The van der Waals surface area contributed by atoms with Crippen LogP contribution in [-0.4, -0.2) is 19.5 Å². The highest BCUT2D eigenvalue weighted by atomic mass is 35.5. The van der Waals surface area contributed by atoms with Crippen molar-refractivity contribution in [2.45, 2.75) is 32.7 Å². The second-order valence-electron chi connectivity index (χ2n) is 4.24. The van der Waals surface area contributed by atoms with Gasteiger partial charge < -0.3 is 10.1 Å². The van der Waals surface area contributed by atoms with Crippen LogP contribution in [0.1, 0.15) is 30.4 Å². The molecule has 0 saturated heterocycles. The van der Waals surface area contributed by atoms with E-state index >= 15 is 0 Å². The summed E-state index contributed by atoms with van der Waals surface area (Å²) in [4.78, 5) is 0. The summed E-state index contributed by atoms with van der Waals surface area (Å²) in [5, 5.41) is 3.44. The Balaban J connectivity index is 2.32. The third-order valence-corrected chi connectivity index (χ3v) is 3.01. The minimum Gasteiger partial charge on any atom is -0.496 e. The van der Waals surface area contributed by atoms with Crippen LogP contribution >= 0.6 is 11.6 Å². The Hall–Kier alpha value is -0.730. The quantitative estimate of drug-likeness (QED) is 0.567. The first kappa shape index (κ1) is 14.3. The molecule has 0 fully saturated rings. The van der Waals surface area contributed by atoms with Crippen molar-refractivity contribution in [3.63, 3.8) is 0 Å². The van der Waals surface area contributed by atoms with Crippen LogP contribution in [0.15, 0.2) is 18.2 Å². The zero-order chi connectivity index (χ0) is 12.5. The summed E-state index contributed by atoms with van der Waals surface area (Å²) >= 11 is 5.63. The summed E-state index contributed by atoms with van der Waals surface area (Å²) in [5.41, 5.74) is 2.49. The van der Waals surface area contributed by atoms with E-state index in [4.69, 9.17) is 16.3 Å². The summed E-state index contributed by atoms with van der Waals surface area (Å²) in [5.74, 6) is 1.73. The standard InChI is InChI=1S/C14H22ClNO/c1-12-6-7-14(17-2)13(10-12)11-16-9-5-3-4-8-15/h6-7,10,16H,3-5,8-9,11H2,1-2H3. The second kappa shape index (κ2) is 8.37. The van der Waals surface area contributed by atoms with Gasteiger partial charge in [-0.15, -0.1) is 11.6 Å². The maximum atomic E-state index is 5.63. The fraction of sp³-hybridized carbons (Fsp3) is 0.571. The molecule has 1 N–H and O–H groups in total. The van der Waals surface area contributed by atoms with E-state index in [0.717, 1.165) is 31.1 Å². The third-order valence-electron chi connectivity index (χ3n) is 2.74. The number of rotatable bonds is 8. The first-order chi connectivity index (χ1) is 8.27. The molecule has 0 amide bonds. The molecule has 1 rings (SSSR count). The van der Waals surface area contributed by atoms with E-state index in [1.165, 1.54) is 24.0 Å². The number of methoxy groups -OCH3 is 1. The lowest BCUT2D eigenvalue weighted by Crippen LogP contribution is -2.15. The first-order valence-corrected chi connectivity index (χ1v) is 6.71. The normalized spacial score (nSPS) is 10.5. The number of nitrogens with one attached hydrogen (secondary N) is 1. The largest absolute Gasteiger partial charge is 0.496 e. The van der Waals surface area contributed by atoms with Crippen LogP contribution in [0.25, 0.3) is 0 Å². The third kappa shape index (κ3) is 5.42. The highest BCUT2D eigenvalue weighted by molar-refractivity contribution is 6.17. The fourth-order valence-electron chi connectivity index (χ4n) is 1.79. The van der Waals surface area contributed by atoms with Gasteiger partial charge in [0.15, 0.2) is 0 Å². The minimum absolute atomic E-state index is 0.770. The summed E-state index contributed by atoms with van der Waals surface area (Å²) in [6.07, 6.45) is 3.49. The topological polar surface area (TPSA) is 21.3 Å². The fourth-order valence-corrected chi connectivity index (χ4v) is 1.98. The molecule has 2 nitrogen and oxygen atoms in total. The van der Waals surface area contributed by atoms with Crippen molar-refractivity contribution < 1.29 is 4.74 Å². The van der Waals surface area contributed by atoms with Gasteiger partial charge in [-0.05, 0) is 32.4 Å². The number of alkyl halides is 1. The van der Waals surface area contributed by atoms with Crippen molar-refractivity contribution in [2.75, 3.05) is 19.5 Å². The highest BCUT2D eigenvalue weighted by Gasteiger charge is 2.02. The number of benzene rings is 1. The molecule has 0 saturated carbocycles. The van der Waals surface area contributed by atoms with Gasteiger partial charge in [0.25, 0.3) is 0 Å². The van der Waals surface area contributed by atoms with Crippen LogP contribution in [0.4, 0.5) is 0 Å². The molecule has 0 aromatic heterocycles. The highest BCUT2D eigenvalue weighted by Crippen LogP contribution is 2.19. The van der Waals surface area contributed by atoms with Gasteiger partial charge in [-0.1, -0.05) is 24.1 Å². The van der Waals surface area contributed by atoms with Crippen LogP contribution in [0.5, 0.6) is 5.75 Å². The Kier molecular flexibility index (Phi) is 7.06. The van der Waals surface area contributed by atoms with Gasteiger partial charge in [0, 0.05) is 18.0 Å². The van der Waals surface area contributed by atoms with Crippen molar-refractivity contribution in [3.8, 4) is 5.75 Å². The predicted molar refractivity (Wildman–Crippen MR) is 74.0 cm³/mol. The van der Waals surface area contributed by atoms with E-state index in [1.54, 1.807) is 7.11 Å². The van der Waals surface area contributed by atoms with E-state index in [-0.39, 0.29) is 0 Å². The molecule has 0 bridgehead atoms. The number of ether oxygens (including phenoxy) is 1. The van der Waals surface area contributed by atoms with Crippen LogP contribution in [-0.2, 0) is 6.54 Å². The summed E-state index contributed by atoms with van der Waals surface area (Å²) in [6, 6.07) is 6.27. The van der Waals surface area contributed by atoms with Gasteiger partial charge in [-0.2, -0.15) is 0 Å². The first-order valence-electron chi connectivity index (χ1n) is 6.18. The Bertz CT molecular complexity index is 328. The molecule has 0 aliphatic heterocycles. The van der Waals surface area contributed by atoms with Gasteiger partial charge in [-0.3, -0.25) is 0 Å². The van der Waals surface area contributed by atoms with E-state index in [2.05, 4.69) is 24.4 Å². The lowest BCUT2D eigenvalue weighted by molar-refractivity contribution is 0.407. The maximum Gasteiger partial charge on any atom is 0.123 e. The van der Waals surface area contributed by atoms with Crippen molar-refractivity contribution >= 4 is 11.6 Å². The molecular formula is C14H22ClNO. The molecule has 0 atom stereocenters. The average Bonchev–Trinajstić information content (AvgIpc) is 2.34. The van der Waals surface area contributed by atoms with E-state index in [9.17, 15) is 0 Å². The van der Waals surface area contributed by atoms with Crippen molar-refractivity contribution in [2.24, 2.45) is 0 Å². The number of hydrogen-bond donors (Lipinski definition) is 1. The van der Waals surface area contributed by atoms with Crippen molar-refractivity contribution in [3.05, 3.63) is 29.3 Å². The molecule has 17 heavy (non-hydrogen) atoms. The molecule has 0 aliphatic carbocycles. The van der Waals surface area contributed by atoms with Gasteiger partial charge in [0.1, 0.15) is 5.75 Å². The molecule has 0 spiro atoms. The lowest BCUT2D eigenvalue weighted by atomic mass is 10.1. The Morgan fingerprint density at radius 2 is 2.06 bits per heavy atom. The van der Waals surface area contributed by atoms with Crippen LogP contribution < -0.4 is 10.1 Å². The van der Waals surface area contributed by atoms with Crippen molar-refractivity contribution in [1.82, 2.24) is 5.32 Å². The predicted octanol–water partition coefficient (Wildman–Crippen LogP) is 3.50. The molecule has 1 aromatic rings. The number of hydrogen-bond acceptors (Lipinski definition) is 2. The van der Waals surface area contributed by atoms with Gasteiger partial charge in [0.05, 0.1) is 7.11 Å². The summed E-state index contributed by atoms with van der Waals surface area (Å²) < 4.78 is 5.34. The Morgan fingerprint density at radius 1 is 1.24 bits per heavy atom. The zero-order valence-electron chi connectivity index (χ0n) is 10.8. The summed E-state index contributed by atoms with van der Waals surface area (Å²) in [6.45, 7) is 4.00. The maximum absolute atomic E-state index is 5.63. The van der Waals surface area contributed by atoms with Crippen LogP contribution in [0.3, 0.4) is 0 Å². The number of unbranched alkanes of at least 4 members (excludes halogenated alkanes) is 2. The molecule has 0 radical (unpaired) electrons. The molecule has 0 heterocycles. The van der Waals surface area contributed by atoms with Gasteiger partial charge in [-0.25, -0.2) is 0 Å². The van der Waals surface area contributed by atoms with E-state index < -0.39 is 0 Å². The Morgan fingerprint density at radius 3 is 2.76 bits per heavy atom. The van der Waals surface area contributed by atoms with E-state index in [0.29, 0.717) is 0 Å². The summed E-state index contributed by atoms with van der Waals surface area (Å²) in [7, 11) is 1.72. The average molecular weight is 256 g/mol. The smallest absolute Gasteiger partial charge is 0.123 e. The molecule has 0 aliphatic rings. The Labute approximate surface area is 109 Å². The van der Waals surface area contributed by atoms with Gasteiger partial charge in [0.2, 0.25) is 0 Å². The molecule has 3 heteroatoms. The van der Waals surface area contributed by atoms with Crippen LogP contribution in [0.2, 0.25) is 0 Å². The monoisotopic (exact) mass is 255 g/mol. The number of aryl methyl sites for hydroxylation is 1. The molecule has 96 valence electrons. The zero-order valence-corrected chi connectivity index (χ0v) is 11.5. The number of halogens is 1. The SMILES string of the molecule is COc1ccc(C)cc1CNCCCCCCl. The molecule has 1 aromatic carbocycles. The van der Waals surface area contributed by atoms with E-state index in [1.807, 2.05) is 6.07 Å². The van der Waals surface area contributed by atoms with Gasteiger partial charge >= 0.3 is 0 Å². The lowest BCUT2D eigenvalue weighted by Gasteiger charge is -2.10. The molecular weight excluding hydrogens is 234 g/mol. The minimum atomic E-state index is 0.770.